The zero-order valence-electron chi connectivity index (χ0n) is 10.1. The fourth-order valence-corrected chi connectivity index (χ4v) is 1.59. The zero-order chi connectivity index (χ0) is 14.5. The minimum absolute atomic E-state index is 0.0440. The van der Waals surface area contributed by atoms with Gasteiger partial charge >= 0.3 is 0 Å². The first-order valence-corrected chi connectivity index (χ1v) is 5.84. The second-order valence-electron chi connectivity index (χ2n) is 3.65. The van der Waals surface area contributed by atoms with E-state index in [4.69, 9.17) is 22.1 Å². The van der Waals surface area contributed by atoms with Gasteiger partial charge in [-0.3, -0.25) is 10.1 Å². The van der Waals surface area contributed by atoms with Crippen LogP contribution in [0.15, 0.2) is 22.8 Å². The third kappa shape index (κ3) is 3.26. The Balaban J connectivity index is 1.91. The number of halogens is 1. The van der Waals surface area contributed by atoms with Crippen molar-refractivity contribution in [3.63, 3.8) is 0 Å². The van der Waals surface area contributed by atoms with Crippen molar-refractivity contribution in [3.8, 4) is 5.88 Å². The van der Waals surface area contributed by atoms with Crippen LogP contribution in [0.2, 0.25) is 5.02 Å². The molecule has 0 fully saturated rings. The molecule has 0 aliphatic heterocycles. The van der Waals surface area contributed by atoms with Gasteiger partial charge in [-0.2, -0.15) is 0 Å². The highest BCUT2D eigenvalue weighted by molar-refractivity contribution is 6.30. The first-order chi connectivity index (χ1) is 9.58. The van der Waals surface area contributed by atoms with Crippen LogP contribution in [-0.4, -0.2) is 28.4 Å². The van der Waals surface area contributed by atoms with Crippen LogP contribution in [-0.2, 0) is 0 Å². The number of hydrogen-bond acceptors (Lipinski definition) is 8. The van der Waals surface area contributed by atoms with Crippen molar-refractivity contribution in [1.82, 2.24) is 10.3 Å². The van der Waals surface area contributed by atoms with Crippen molar-refractivity contribution in [3.05, 3.63) is 33.3 Å². The maximum absolute atomic E-state index is 10.9. The summed E-state index contributed by atoms with van der Waals surface area (Å²) in [6.07, 6.45) is 0. The maximum Gasteiger partial charge on any atom is 0.300 e. The lowest BCUT2D eigenvalue weighted by molar-refractivity contribution is -0.383. The van der Waals surface area contributed by atoms with Crippen molar-refractivity contribution >= 4 is 28.8 Å². The summed E-state index contributed by atoms with van der Waals surface area (Å²) in [4.78, 5) is 10.3. The van der Waals surface area contributed by atoms with Crippen LogP contribution in [0.1, 0.15) is 0 Å². The molecule has 2 rings (SSSR count). The molecule has 0 aliphatic rings. The molecule has 1 heterocycles. The summed E-state index contributed by atoms with van der Waals surface area (Å²) in [6, 6.07) is 4.34. The SMILES string of the molecule is Nc1nonc1OCCNc1ccc(Cl)cc1[N+](=O)[O-]. The molecule has 0 bridgehead atoms. The van der Waals surface area contributed by atoms with Gasteiger partial charge in [0.15, 0.2) is 0 Å². The van der Waals surface area contributed by atoms with E-state index in [2.05, 4.69) is 20.3 Å². The Morgan fingerprint density at radius 3 is 2.95 bits per heavy atom. The van der Waals surface area contributed by atoms with Crippen LogP contribution in [0, 0.1) is 10.1 Å². The molecule has 0 unspecified atom stereocenters. The molecule has 0 spiro atoms. The standard InChI is InChI=1S/C10H10ClN5O4/c11-6-1-2-7(8(5-6)16(17)18)13-3-4-19-10-9(12)14-20-15-10/h1-2,5,13H,3-4H2,(H2,12,14). The van der Waals surface area contributed by atoms with Gasteiger partial charge in [-0.1, -0.05) is 11.6 Å². The van der Waals surface area contributed by atoms with Crippen LogP contribution in [0.25, 0.3) is 0 Å². The largest absolute Gasteiger partial charge is 0.471 e. The molecule has 0 amide bonds. The number of ether oxygens (including phenoxy) is 1. The number of nitrogens with one attached hydrogen (secondary N) is 1. The van der Waals surface area contributed by atoms with Crippen molar-refractivity contribution in [1.29, 1.82) is 0 Å². The molecule has 0 radical (unpaired) electrons. The van der Waals surface area contributed by atoms with Gasteiger partial charge in [0.05, 0.1) is 4.92 Å². The number of hydrogen-bond donors (Lipinski definition) is 2. The number of nitro groups is 1. The second-order valence-corrected chi connectivity index (χ2v) is 4.08. The van der Waals surface area contributed by atoms with E-state index < -0.39 is 4.92 Å². The Morgan fingerprint density at radius 2 is 2.30 bits per heavy atom. The minimum Gasteiger partial charge on any atom is -0.471 e. The first-order valence-electron chi connectivity index (χ1n) is 5.46. The lowest BCUT2D eigenvalue weighted by Gasteiger charge is -2.07. The lowest BCUT2D eigenvalue weighted by atomic mass is 10.2. The molecular formula is C10H10ClN5O4. The van der Waals surface area contributed by atoms with E-state index in [1.807, 2.05) is 0 Å². The highest BCUT2D eigenvalue weighted by Crippen LogP contribution is 2.27. The van der Waals surface area contributed by atoms with Crippen molar-refractivity contribution in [2.45, 2.75) is 0 Å². The summed E-state index contributed by atoms with van der Waals surface area (Å²) in [5.74, 6) is 0.125. The van der Waals surface area contributed by atoms with Gasteiger partial charge in [-0.05, 0) is 22.4 Å². The molecule has 3 N–H and O–H groups in total. The summed E-state index contributed by atoms with van der Waals surface area (Å²) in [6.45, 7) is 0.479. The molecule has 1 aromatic carbocycles. The van der Waals surface area contributed by atoms with Crippen molar-refractivity contribution < 1.29 is 14.3 Å². The van der Waals surface area contributed by atoms with Gasteiger partial charge in [-0.25, -0.2) is 4.63 Å². The van der Waals surface area contributed by atoms with Gasteiger partial charge in [0.25, 0.3) is 11.6 Å². The molecule has 10 heteroatoms. The number of aromatic nitrogens is 2. The predicted octanol–water partition coefficient (Wildman–Crippen LogP) is 1.70. The number of nitrogen functional groups attached to an aromatic ring is 1. The van der Waals surface area contributed by atoms with Crippen molar-refractivity contribution in [2.24, 2.45) is 0 Å². The van der Waals surface area contributed by atoms with Gasteiger partial charge in [0, 0.05) is 17.6 Å². The summed E-state index contributed by atoms with van der Waals surface area (Å²) in [7, 11) is 0. The zero-order valence-corrected chi connectivity index (χ0v) is 10.8. The molecule has 20 heavy (non-hydrogen) atoms. The van der Waals surface area contributed by atoms with E-state index in [0.29, 0.717) is 17.3 Å². The average molecular weight is 300 g/mol. The number of anilines is 2. The summed E-state index contributed by atoms with van der Waals surface area (Å²) >= 11 is 5.71. The fraction of sp³-hybridized carbons (Fsp3) is 0.200. The van der Waals surface area contributed by atoms with E-state index in [1.54, 1.807) is 6.07 Å². The minimum atomic E-state index is -0.519. The van der Waals surface area contributed by atoms with Crippen LogP contribution >= 0.6 is 11.6 Å². The van der Waals surface area contributed by atoms with Crippen LogP contribution in [0.3, 0.4) is 0 Å². The Kier molecular flexibility index (Phi) is 4.20. The number of nitro benzene ring substituents is 1. The molecule has 0 aliphatic carbocycles. The Morgan fingerprint density at radius 1 is 1.50 bits per heavy atom. The fourth-order valence-electron chi connectivity index (χ4n) is 1.43. The third-order valence-corrected chi connectivity index (χ3v) is 2.53. The quantitative estimate of drug-likeness (QED) is 0.468. The van der Waals surface area contributed by atoms with Crippen LogP contribution < -0.4 is 15.8 Å². The maximum atomic E-state index is 10.9. The third-order valence-electron chi connectivity index (χ3n) is 2.29. The molecule has 9 nitrogen and oxygen atoms in total. The number of benzene rings is 1. The number of nitrogens with two attached hydrogens (primary N) is 1. The topological polar surface area (TPSA) is 129 Å². The van der Waals surface area contributed by atoms with Crippen LogP contribution in [0.4, 0.5) is 17.2 Å². The number of rotatable bonds is 6. The molecule has 0 saturated heterocycles. The second kappa shape index (κ2) is 6.06. The van der Waals surface area contributed by atoms with Gasteiger partial charge < -0.3 is 15.8 Å². The summed E-state index contributed by atoms with van der Waals surface area (Å²) in [5, 5.41) is 20.8. The lowest BCUT2D eigenvalue weighted by Crippen LogP contribution is -2.13. The smallest absolute Gasteiger partial charge is 0.300 e. The molecule has 0 saturated carbocycles. The van der Waals surface area contributed by atoms with E-state index >= 15 is 0 Å². The monoisotopic (exact) mass is 299 g/mol. The first kappa shape index (κ1) is 13.9. The van der Waals surface area contributed by atoms with E-state index in [9.17, 15) is 10.1 Å². The molecule has 0 atom stereocenters. The van der Waals surface area contributed by atoms with Crippen molar-refractivity contribution in [2.75, 3.05) is 24.2 Å². The summed E-state index contributed by atoms with van der Waals surface area (Å²) in [5.41, 5.74) is 5.63. The van der Waals surface area contributed by atoms with E-state index in [1.165, 1.54) is 12.1 Å². The average Bonchev–Trinajstić information content (AvgIpc) is 2.81. The Hall–Kier alpha value is -2.55. The van der Waals surface area contributed by atoms with Gasteiger partial charge in [-0.15, -0.1) is 0 Å². The van der Waals surface area contributed by atoms with Crippen LogP contribution in [0.5, 0.6) is 5.88 Å². The molecular weight excluding hydrogens is 290 g/mol. The molecule has 106 valence electrons. The molecule has 2 aromatic rings. The van der Waals surface area contributed by atoms with Gasteiger partial charge in [0.1, 0.15) is 12.3 Å². The van der Waals surface area contributed by atoms with Gasteiger partial charge in [0.2, 0.25) is 5.82 Å². The number of nitrogens with zero attached hydrogens (tertiary/aromatic N) is 3. The van der Waals surface area contributed by atoms with E-state index in [0.717, 1.165) is 0 Å². The predicted molar refractivity (Wildman–Crippen MR) is 70.8 cm³/mol. The Bertz CT molecular complexity index is 617. The highest BCUT2D eigenvalue weighted by atomic mass is 35.5. The Labute approximate surface area is 117 Å². The molecule has 1 aromatic heterocycles. The van der Waals surface area contributed by atoms with E-state index in [-0.39, 0.29) is 24.0 Å². The summed E-state index contributed by atoms with van der Waals surface area (Å²) < 4.78 is 9.52. The highest BCUT2D eigenvalue weighted by Gasteiger charge is 2.14. The normalized spacial score (nSPS) is 10.2.